The molecule has 11 heteroatoms. The molecular formula is C28H32FIN2O7. The van der Waals surface area contributed by atoms with Crippen molar-refractivity contribution in [3.05, 3.63) is 68.6 Å². The second-order valence-corrected chi connectivity index (χ2v) is 10.2. The molecule has 3 unspecified atom stereocenters. The van der Waals surface area contributed by atoms with Crippen molar-refractivity contribution < 1.29 is 38.5 Å². The van der Waals surface area contributed by atoms with Crippen molar-refractivity contribution in [2.45, 2.75) is 51.0 Å². The van der Waals surface area contributed by atoms with E-state index in [9.17, 15) is 23.9 Å². The molecule has 0 spiro atoms. The minimum absolute atomic E-state index is 0.0134. The third kappa shape index (κ3) is 7.55. The Hall–Kier alpha value is -3.03. The number of nitrogens with one attached hydrogen (secondary N) is 1. The molecule has 9 nitrogen and oxygen atoms in total. The smallest absolute Gasteiger partial charge is 0.247 e. The van der Waals surface area contributed by atoms with Crippen molar-refractivity contribution in [2.24, 2.45) is 0 Å². The lowest BCUT2D eigenvalue weighted by Crippen LogP contribution is -2.54. The number of amides is 2. The minimum atomic E-state index is -1.29. The lowest BCUT2D eigenvalue weighted by atomic mass is 9.87. The maximum Gasteiger partial charge on any atom is 0.247 e. The summed E-state index contributed by atoms with van der Waals surface area (Å²) in [7, 11) is 1.41. The van der Waals surface area contributed by atoms with E-state index < -0.39 is 30.0 Å². The number of carbonyl (C=O) groups excluding carboxylic acids is 3. The van der Waals surface area contributed by atoms with Gasteiger partial charge in [0.15, 0.2) is 11.5 Å². The number of benzene rings is 2. The van der Waals surface area contributed by atoms with Crippen LogP contribution < -0.4 is 14.8 Å². The number of aldehydes is 1. The number of halogens is 2. The number of rotatable bonds is 12. The molecule has 2 aromatic rings. The Morgan fingerprint density at radius 2 is 2.03 bits per heavy atom. The molecule has 0 fully saturated rings. The average Bonchev–Trinajstić information content (AvgIpc) is 2.93. The molecule has 39 heavy (non-hydrogen) atoms. The number of ether oxygens (including phenoxy) is 2. The molecule has 0 heterocycles. The summed E-state index contributed by atoms with van der Waals surface area (Å²) in [5.41, 5.74) is 0.879. The fraction of sp³-hybridized carbons (Fsp3) is 0.393. The highest BCUT2D eigenvalue weighted by molar-refractivity contribution is 14.1. The van der Waals surface area contributed by atoms with Crippen LogP contribution in [0.4, 0.5) is 4.39 Å². The molecular weight excluding hydrogens is 622 g/mol. The van der Waals surface area contributed by atoms with Crippen LogP contribution in [-0.2, 0) is 16.1 Å². The van der Waals surface area contributed by atoms with E-state index in [0.29, 0.717) is 21.8 Å². The molecule has 210 valence electrons. The van der Waals surface area contributed by atoms with E-state index in [-0.39, 0.29) is 61.1 Å². The van der Waals surface area contributed by atoms with E-state index in [1.807, 2.05) is 29.5 Å². The molecule has 2 aromatic carbocycles. The van der Waals surface area contributed by atoms with Crippen LogP contribution in [0.2, 0.25) is 0 Å². The number of nitrogens with zero attached hydrogens (tertiary/aromatic N) is 1. The van der Waals surface area contributed by atoms with Gasteiger partial charge in [-0.3, -0.25) is 14.4 Å². The Morgan fingerprint density at radius 3 is 2.67 bits per heavy atom. The Morgan fingerprint density at radius 1 is 1.28 bits per heavy atom. The molecule has 0 saturated carbocycles. The van der Waals surface area contributed by atoms with E-state index in [2.05, 4.69) is 5.32 Å². The third-order valence-electron chi connectivity index (χ3n) is 6.34. The molecule has 3 atom stereocenters. The van der Waals surface area contributed by atoms with Gasteiger partial charge in [0, 0.05) is 42.6 Å². The van der Waals surface area contributed by atoms with Crippen molar-refractivity contribution >= 4 is 40.7 Å². The molecule has 0 aliphatic heterocycles. The summed E-state index contributed by atoms with van der Waals surface area (Å²) in [6, 6.07) is 8.23. The fourth-order valence-corrected chi connectivity index (χ4v) is 5.15. The standard InChI is InChI=1S/C28H32FIN2O7/c1-3-6-25(35)32(15-18-7-4-5-8-20(18)29)22-13-19(28(37)31-9-10-33)14-23(26(22)36)39-27-21(30)11-17(16-34)12-24(27)38-2/h4-5,7-8,11-12,14,16,22-23,26,33,36H,3,6,9-10,13,15H2,1-2H3,(H,31,37). The zero-order valence-electron chi connectivity index (χ0n) is 21.7. The van der Waals surface area contributed by atoms with E-state index in [1.165, 1.54) is 30.2 Å². The van der Waals surface area contributed by atoms with Gasteiger partial charge in [-0.25, -0.2) is 4.39 Å². The van der Waals surface area contributed by atoms with Crippen LogP contribution in [0.5, 0.6) is 11.5 Å². The largest absolute Gasteiger partial charge is 0.493 e. The van der Waals surface area contributed by atoms with Crippen LogP contribution in [0, 0.1) is 9.39 Å². The van der Waals surface area contributed by atoms with Gasteiger partial charge in [0.1, 0.15) is 24.3 Å². The van der Waals surface area contributed by atoms with E-state index in [1.54, 1.807) is 24.3 Å². The van der Waals surface area contributed by atoms with Crippen molar-refractivity contribution in [2.75, 3.05) is 20.3 Å². The van der Waals surface area contributed by atoms with E-state index in [0.717, 1.165) is 0 Å². The first-order valence-corrected chi connectivity index (χ1v) is 13.6. The van der Waals surface area contributed by atoms with Gasteiger partial charge >= 0.3 is 0 Å². The highest BCUT2D eigenvalue weighted by Gasteiger charge is 2.41. The van der Waals surface area contributed by atoms with Crippen LogP contribution in [0.3, 0.4) is 0 Å². The fourth-order valence-electron chi connectivity index (χ4n) is 4.40. The highest BCUT2D eigenvalue weighted by atomic mass is 127. The van der Waals surface area contributed by atoms with Crippen molar-refractivity contribution in [1.29, 1.82) is 0 Å². The summed E-state index contributed by atoms with van der Waals surface area (Å²) >= 11 is 1.98. The van der Waals surface area contributed by atoms with Gasteiger partial charge in [-0.05, 0) is 53.3 Å². The predicted molar refractivity (Wildman–Crippen MR) is 150 cm³/mol. The van der Waals surface area contributed by atoms with Gasteiger partial charge in [-0.2, -0.15) is 0 Å². The van der Waals surface area contributed by atoms with Crippen LogP contribution in [0.25, 0.3) is 0 Å². The SMILES string of the molecule is CCCC(=O)N(Cc1ccccc1F)C1CC(C(=O)NCCO)=CC(Oc2c(I)cc(C=O)cc2OC)C1O. The molecule has 0 bridgehead atoms. The summed E-state index contributed by atoms with van der Waals surface area (Å²) in [6.07, 6.45) is 0.441. The molecule has 1 aliphatic rings. The molecule has 1 aliphatic carbocycles. The molecule has 3 rings (SSSR count). The maximum atomic E-state index is 14.6. The van der Waals surface area contributed by atoms with E-state index >= 15 is 0 Å². The Kier molecular flexibility index (Phi) is 11.3. The monoisotopic (exact) mass is 654 g/mol. The van der Waals surface area contributed by atoms with Crippen molar-refractivity contribution in [3.8, 4) is 11.5 Å². The summed E-state index contributed by atoms with van der Waals surface area (Å²) in [5, 5.41) is 23.3. The van der Waals surface area contributed by atoms with Crippen LogP contribution in [0.15, 0.2) is 48.0 Å². The lowest BCUT2D eigenvalue weighted by Gasteiger charge is -2.40. The van der Waals surface area contributed by atoms with Gasteiger partial charge in [0.25, 0.3) is 0 Å². The van der Waals surface area contributed by atoms with E-state index in [4.69, 9.17) is 14.6 Å². The first kappa shape index (κ1) is 30.5. The van der Waals surface area contributed by atoms with Gasteiger partial charge < -0.3 is 29.9 Å². The zero-order valence-corrected chi connectivity index (χ0v) is 23.9. The van der Waals surface area contributed by atoms with Gasteiger partial charge in [0.05, 0.1) is 23.3 Å². The normalized spacial score (nSPS) is 18.6. The van der Waals surface area contributed by atoms with Crippen molar-refractivity contribution in [1.82, 2.24) is 10.2 Å². The highest BCUT2D eigenvalue weighted by Crippen LogP contribution is 2.37. The molecule has 2 amide bonds. The maximum absolute atomic E-state index is 14.6. The Bertz CT molecular complexity index is 1220. The summed E-state index contributed by atoms with van der Waals surface area (Å²) in [4.78, 5) is 39.0. The number of methoxy groups -OCH3 is 1. The molecule has 0 radical (unpaired) electrons. The third-order valence-corrected chi connectivity index (χ3v) is 7.14. The summed E-state index contributed by atoms with van der Waals surface area (Å²) in [5.74, 6) is -0.774. The number of carbonyl (C=O) groups is 3. The molecule has 0 aromatic heterocycles. The predicted octanol–water partition coefficient (Wildman–Crippen LogP) is 3.00. The topological polar surface area (TPSA) is 125 Å². The number of hydrogen-bond donors (Lipinski definition) is 3. The van der Waals surface area contributed by atoms with Gasteiger partial charge in [0.2, 0.25) is 11.8 Å². The Balaban J connectivity index is 2.05. The number of aliphatic hydroxyl groups is 2. The first-order chi connectivity index (χ1) is 18.7. The number of aliphatic hydroxyl groups excluding tert-OH is 2. The van der Waals surface area contributed by atoms with Gasteiger partial charge in [-0.15, -0.1) is 0 Å². The summed E-state index contributed by atoms with van der Waals surface area (Å²) < 4.78 is 26.7. The lowest BCUT2D eigenvalue weighted by molar-refractivity contribution is -0.139. The Labute approximate surface area is 240 Å². The molecule has 0 saturated heterocycles. The van der Waals surface area contributed by atoms with Gasteiger partial charge in [-0.1, -0.05) is 25.1 Å². The summed E-state index contributed by atoms with van der Waals surface area (Å²) in [6.45, 7) is 1.48. The van der Waals surface area contributed by atoms with Crippen LogP contribution >= 0.6 is 22.6 Å². The minimum Gasteiger partial charge on any atom is -0.493 e. The van der Waals surface area contributed by atoms with Crippen LogP contribution in [-0.4, -0.2) is 71.7 Å². The second kappa shape index (κ2) is 14.4. The van der Waals surface area contributed by atoms with Crippen molar-refractivity contribution in [3.63, 3.8) is 0 Å². The second-order valence-electron chi connectivity index (χ2n) is 9.03. The van der Waals surface area contributed by atoms with Crippen LogP contribution in [0.1, 0.15) is 42.1 Å². The molecule has 3 N–H and O–H groups in total. The average molecular weight is 654 g/mol. The quantitative estimate of drug-likeness (QED) is 0.238. The zero-order chi connectivity index (χ0) is 28.5. The first-order valence-electron chi connectivity index (χ1n) is 12.5. The number of hydrogen-bond acceptors (Lipinski definition) is 7.